The number of hydrogen-bond donors (Lipinski definition) is 1. The van der Waals surface area contributed by atoms with Gasteiger partial charge in [0.15, 0.2) is 0 Å². The molecule has 0 amide bonds. The molecule has 0 saturated heterocycles. The van der Waals surface area contributed by atoms with Crippen molar-refractivity contribution in [3.8, 4) is 5.75 Å². The summed E-state index contributed by atoms with van der Waals surface area (Å²) in [5, 5.41) is 16.4. The summed E-state index contributed by atoms with van der Waals surface area (Å²) in [5.74, 6) is 0.186. The molecule has 13 heavy (non-hydrogen) atoms. The second-order valence-corrected chi connectivity index (χ2v) is 2.39. The zero-order chi connectivity index (χ0) is 9.84. The van der Waals surface area contributed by atoms with E-state index < -0.39 is 0 Å². The molecule has 1 heterocycles. The van der Waals surface area contributed by atoms with Crippen LogP contribution in [-0.4, -0.2) is 15.4 Å². The highest BCUT2D eigenvalue weighted by molar-refractivity contribution is 5.78. The van der Waals surface area contributed by atoms with Crippen LogP contribution in [0.4, 0.5) is 0 Å². The van der Waals surface area contributed by atoms with Crippen LogP contribution in [0.5, 0.6) is 5.75 Å². The molecule has 0 atom stereocenters. The van der Waals surface area contributed by atoms with E-state index in [-0.39, 0.29) is 5.75 Å². The first kappa shape index (κ1) is 9.51. The fraction of sp³-hybridized carbons (Fsp3) is 0.333. The van der Waals surface area contributed by atoms with Crippen molar-refractivity contribution < 1.29 is 9.74 Å². The van der Waals surface area contributed by atoms with Gasteiger partial charge in [-0.3, -0.25) is 0 Å². The van der Waals surface area contributed by atoms with Crippen LogP contribution in [0.15, 0.2) is 16.8 Å². The van der Waals surface area contributed by atoms with Crippen LogP contribution >= 0.6 is 0 Å². The van der Waals surface area contributed by atoms with E-state index in [1.165, 1.54) is 6.07 Å². The summed E-state index contributed by atoms with van der Waals surface area (Å²) in [4.78, 5) is 0. The predicted molar refractivity (Wildman–Crippen MR) is 49.6 cm³/mol. The van der Waals surface area contributed by atoms with Crippen LogP contribution in [0.2, 0.25) is 0 Å². The van der Waals surface area contributed by atoms with Gasteiger partial charge in [-0.2, -0.15) is 0 Å². The van der Waals surface area contributed by atoms with Gasteiger partial charge in [0.05, 0.1) is 0 Å². The monoisotopic (exact) mass is 180 g/mol. The number of phenolic OH excluding ortho intramolecular Hbond substituents is 1. The molecule has 2 aromatic rings. The molecule has 0 unspecified atom stereocenters. The Balaban J connectivity index is 0.000000396. The Labute approximate surface area is 76.1 Å². The van der Waals surface area contributed by atoms with Crippen LogP contribution in [0.3, 0.4) is 0 Å². The van der Waals surface area contributed by atoms with Gasteiger partial charge in [-0.15, -0.1) is 0 Å². The van der Waals surface area contributed by atoms with Crippen LogP contribution in [-0.2, 0) is 0 Å². The van der Waals surface area contributed by atoms with Gasteiger partial charge >= 0.3 is 0 Å². The van der Waals surface area contributed by atoms with E-state index in [2.05, 4.69) is 14.9 Å². The highest BCUT2D eigenvalue weighted by Gasteiger charge is 2.04. The molecule has 4 nitrogen and oxygen atoms in total. The van der Waals surface area contributed by atoms with Crippen molar-refractivity contribution in [1.29, 1.82) is 0 Å². The summed E-state index contributed by atoms with van der Waals surface area (Å²) in [7, 11) is 0. The molecular weight excluding hydrogens is 168 g/mol. The van der Waals surface area contributed by atoms with Crippen molar-refractivity contribution in [2.24, 2.45) is 0 Å². The van der Waals surface area contributed by atoms with Gasteiger partial charge < -0.3 is 5.11 Å². The predicted octanol–water partition coefficient (Wildman–Crippen LogP) is 2.26. The SMILES string of the molecule is CC.Cc1cc(O)cc2nonc12. The molecule has 0 aliphatic rings. The maximum Gasteiger partial charge on any atom is 0.139 e. The quantitative estimate of drug-likeness (QED) is 0.675. The van der Waals surface area contributed by atoms with Gasteiger partial charge in [0.1, 0.15) is 16.8 Å². The molecule has 0 saturated carbocycles. The van der Waals surface area contributed by atoms with Crippen molar-refractivity contribution in [2.75, 3.05) is 0 Å². The Bertz CT molecular complexity index is 395. The maximum atomic E-state index is 9.12. The lowest BCUT2D eigenvalue weighted by Gasteiger charge is -1.92. The van der Waals surface area contributed by atoms with Gasteiger partial charge in [0.2, 0.25) is 0 Å². The number of aromatic nitrogens is 2. The second kappa shape index (κ2) is 3.89. The summed E-state index contributed by atoms with van der Waals surface area (Å²) in [5.41, 5.74) is 2.14. The molecule has 70 valence electrons. The minimum Gasteiger partial charge on any atom is -0.508 e. The summed E-state index contributed by atoms with van der Waals surface area (Å²) in [6, 6.07) is 3.13. The van der Waals surface area contributed by atoms with E-state index in [1.54, 1.807) is 6.07 Å². The summed E-state index contributed by atoms with van der Waals surface area (Å²) in [6.07, 6.45) is 0. The largest absolute Gasteiger partial charge is 0.508 e. The van der Waals surface area contributed by atoms with Crippen molar-refractivity contribution in [2.45, 2.75) is 20.8 Å². The minimum atomic E-state index is 0.186. The van der Waals surface area contributed by atoms with Gasteiger partial charge in [0, 0.05) is 6.07 Å². The van der Waals surface area contributed by atoms with Crippen LogP contribution < -0.4 is 0 Å². The molecular formula is C9H12N2O2. The molecule has 0 radical (unpaired) electrons. The third-order valence-corrected chi connectivity index (χ3v) is 1.54. The van der Waals surface area contributed by atoms with Gasteiger partial charge in [-0.25, -0.2) is 4.63 Å². The number of phenols is 1. The molecule has 0 aliphatic carbocycles. The molecule has 1 aromatic carbocycles. The molecule has 1 aromatic heterocycles. The average Bonchev–Trinajstić information content (AvgIpc) is 2.55. The smallest absolute Gasteiger partial charge is 0.139 e. The Morgan fingerprint density at radius 2 is 1.92 bits per heavy atom. The molecule has 0 aliphatic heterocycles. The molecule has 0 spiro atoms. The summed E-state index contributed by atoms with van der Waals surface area (Å²) < 4.78 is 4.49. The normalized spacial score (nSPS) is 9.46. The third-order valence-electron chi connectivity index (χ3n) is 1.54. The zero-order valence-corrected chi connectivity index (χ0v) is 7.90. The lowest BCUT2D eigenvalue weighted by molar-refractivity contribution is 0.315. The molecule has 2 rings (SSSR count). The Hall–Kier alpha value is -1.58. The summed E-state index contributed by atoms with van der Waals surface area (Å²) in [6.45, 7) is 5.84. The van der Waals surface area contributed by atoms with Crippen molar-refractivity contribution in [3.63, 3.8) is 0 Å². The maximum absolute atomic E-state index is 9.12. The zero-order valence-electron chi connectivity index (χ0n) is 7.90. The number of benzene rings is 1. The second-order valence-electron chi connectivity index (χ2n) is 2.39. The number of rotatable bonds is 0. The van der Waals surface area contributed by atoms with E-state index in [4.69, 9.17) is 5.11 Å². The lowest BCUT2D eigenvalue weighted by Crippen LogP contribution is -1.75. The molecule has 0 bridgehead atoms. The van der Waals surface area contributed by atoms with E-state index in [9.17, 15) is 0 Å². The number of hydrogen-bond acceptors (Lipinski definition) is 4. The Kier molecular flexibility index (Phi) is 2.84. The fourth-order valence-corrected chi connectivity index (χ4v) is 1.04. The number of fused-ring (bicyclic) bond motifs is 1. The Morgan fingerprint density at radius 1 is 1.23 bits per heavy atom. The fourth-order valence-electron chi connectivity index (χ4n) is 1.04. The number of aryl methyl sites for hydroxylation is 1. The first-order valence-corrected chi connectivity index (χ1v) is 4.19. The standard InChI is InChI=1S/C7H6N2O2.C2H6/c1-4-2-5(10)3-6-7(4)9-11-8-6;1-2/h2-3,10H,1H3;1-2H3. The van der Waals surface area contributed by atoms with E-state index >= 15 is 0 Å². The van der Waals surface area contributed by atoms with Crippen molar-refractivity contribution in [3.05, 3.63) is 17.7 Å². The van der Waals surface area contributed by atoms with Crippen molar-refractivity contribution in [1.82, 2.24) is 10.3 Å². The molecule has 0 fully saturated rings. The van der Waals surface area contributed by atoms with Gasteiger partial charge in [-0.05, 0) is 28.9 Å². The summed E-state index contributed by atoms with van der Waals surface area (Å²) >= 11 is 0. The highest BCUT2D eigenvalue weighted by Crippen LogP contribution is 2.20. The Morgan fingerprint density at radius 3 is 2.62 bits per heavy atom. The average molecular weight is 180 g/mol. The van der Waals surface area contributed by atoms with E-state index in [0.29, 0.717) is 11.0 Å². The highest BCUT2D eigenvalue weighted by atomic mass is 16.6. The van der Waals surface area contributed by atoms with Crippen molar-refractivity contribution >= 4 is 11.0 Å². The van der Waals surface area contributed by atoms with Crippen LogP contribution in [0.1, 0.15) is 19.4 Å². The topological polar surface area (TPSA) is 59.2 Å². The third kappa shape index (κ3) is 1.77. The first-order chi connectivity index (χ1) is 6.27. The first-order valence-electron chi connectivity index (χ1n) is 4.19. The van der Waals surface area contributed by atoms with Gasteiger partial charge in [-0.1, -0.05) is 13.8 Å². The van der Waals surface area contributed by atoms with Gasteiger partial charge in [0.25, 0.3) is 0 Å². The molecule has 4 heteroatoms. The van der Waals surface area contributed by atoms with Crippen LogP contribution in [0, 0.1) is 6.92 Å². The number of nitrogens with zero attached hydrogens (tertiary/aromatic N) is 2. The van der Waals surface area contributed by atoms with E-state index in [1.807, 2.05) is 20.8 Å². The van der Waals surface area contributed by atoms with E-state index in [0.717, 1.165) is 5.56 Å². The number of aromatic hydroxyl groups is 1. The molecule has 1 N–H and O–H groups in total. The minimum absolute atomic E-state index is 0.186. The van der Waals surface area contributed by atoms with Crippen LogP contribution in [0.25, 0.3) is 11.0 Å². The lowest BCUT2D eigenvalue weighted by atomic mass is 10.2.